The summed E-state index contributed by atoms with van der Waals surface area (Å²) in [6.07, 6.45) is 1.63. The summed E-state index contributed by atoms with van der Waals surface area (Å²) in [6, 6.07) is 5.97. The SMILES string of the molecule is C=CCNC(=O)Nc1nc(-c2ccc(C)cc2C)cs1. The molecule has 104 valence electrons. The van der Waals surface area contributed by atoms with E-state index in [9.17, 15) is 4.79 Å². The number of carbonyl (C=O) groups excluding carboxylic acids is 1. The van der Waals surface area contributed by atoms with Crippen LogP contribution in [-0.2, 0) is 0 Å². The second-order valence-corrected chi connectivity index (χ2v) is 5.34. The first kappa shape index (κ1) is 14.3. The summed E-state index contributed by atoms with van der Waals surface area (Å²) in [6.45, 7) is 8.10. The minimum atomic E-state index is -0.272. The molecule has 0 spiro atoms. The average Bonchev–Trinajstić information content (AvgIpc) is 2.84. The van der Waals surface area contributed by atoms with Crippen LogP contribution in [-0.4, -0.2) is 17.6 Å². The largest absolute Gasteiger partial charge is 0.334 e. The van der Waals surface area contributed by atoms with E-state index in [0.717, 1.165) is 11.3 Å². The molecule has 0 aliphatic carbocycles. The highest BCUT2D eigenvalue weighted by molar-refractivity contribution is 7.14. The number of nitrogens with zero attached hydrogens (tertiary/aromatic N) is 1. The molecular weight excluding hydrogens is 270 g/mol. The number of hydrogen-bond donors (Lipinski definition) is 2. The van der Waals surface area contributed by atoms with Gasteiger partial charge in [0.2, 0.25) is 0 Å². The molecule has 0 aliphatic heterocycles. The Hall–Kier alpha value is -2.14. The molecule has 0 radical (unpaired) electrons. The average molecular weight is 287 g/mol. The number of carbonyl (C=O) groups is 1. The maximum absolute atomic E-state index is 11.5. The van der Waals surface area contributed by atoms with E-state index < -0.39 is 0 Å². The van der Waals surface area contributed by atoms with Gasteiger partial charge in [-0.3, -0.25) is 5.32 Å². The van der Waals surface area contributed by atoms with Crippen LogP contribution >= 0.6 is 11.3 Å². The van der Waals surface area contributed by atoms with E-state index in [1.807, 2.05) is 5.38 Å². The molecule has 1 heterocycles. The lowest BCUT2D eigenvalue weighted by Gasteiger charge is -2.04. The summed E-state index contributed by atoms with van der Waals surface area (Å²) in [4.78, 5) is 16.0. The Kier molecular flexibility index (Phi) is 4.53. The lowest BCUT2D eigenvalue weighted by atomic mass is 10.0. The Morgan fingerprint density at radius 2 is 2.25 bits per heavy atom. The molecule has 2 N–H and O–H groups in total. The normalized spacial score (nSPS) is 10.1. The molecule has 2 aromatic rings. The van der Waals surface area contributed by atoms with Crippen molar-refractivity contribution in [2.45, 2.75) is 13.8 Å². The van der Waals surface area contributed by atoms with E-state index in [-0.39, 0.29) is 6.03 Å². The highest BCUT2D eigenvalue weighted by Gasteiger charge is 2.09. The van der Waals surface area contributed by atoms with Crippen molar-refractivity contribution in [1.82, 2.24) is 10.3 Å². The van der Waals surface area contributed by atoms with Gasteiger partial charge in [0, 0.05) is 17.5 Å². The third-order valence-corrected chi connectivity index (χ3v) is 3.55. The zero-order valence-electron chi connectivity index (χ0n) is 11.6. The van der Waals surface area contributed by atoms with Crippen molar-refractivity contribution in [3.8, 4) is 11.3 Å². The van der Waals surface area contributed by atoms with E-state index in [0.29, 0.717) is 11.7 Å². The quantitative estimate of drug-likeness (QED) is 0.842. The summed E-state index contributed by atoms with van der Waals surface area (Å²) >= 11 is 1.41. The Bertz CT molecular complexity index is 634. The van der Waals surface area contributed by atoms with Crippen LogP contribution in [0, 0.1) is 13.8 Å². The molecule has 0 saturated carbocycles. The Labute approximate surface area is 122 Å². The smallest absolute Gasteiger partial charge is 0.321 e. The van der Waals surface area contributed by atoms with Gasteiger partial charge in [-0.15, -0.1) is 17.9 Å². The first-order valence-electron chi connectivity index (χ1n) is 6.29. The van der Waals surface area contributed by atoms with Gasteiger partial charge >= 0.3 is 6.03 Å². The number of aromatic nitrogens is 1. The zero-order valence-corrected chi connectivity index (χ0v) is 12.4. The molecule has 2 amide bonds. The highest BCUT2D eigenvalue weighted by atomic mass is 32.1. The standard InChI is InChI=1S/C15H17N3OS/c1-4-7-16-14(19)18-15-17-13(9-20-15)12-6-5-10(2)8-11(12)3/h4-6,8-9H,1,7H2,2-3H3,(H2,16,17,18,19). The lowest BCUT2D eigenvalue weighted by Crippen LogP contribution is -2.28. The van der Waals surface area contributed by atoms with Crippen LogP contribution in [0.4, 0.5) is 9.93 Å². The molecule has 1 aromatic carbocycles. The molecule has 0 saturated heterocycles. The monoisotopic (exact) mass is 287 g/mol. The number of anilines is 1. The maximum atomic E-state index is 11.5. The molecular formula is C15H17N3OS. The van der Waals surface area contributed by atoms with Gasteiger partial charge in [0.05, 0.1) is 5.69 Å². The summed E-state index contributed by atoms with van der Waals surface area (Å²) in [7, 11) is 0. The van der Waals surface area contributed by atoms with Crippen LogP contribution in [0.25, 0.3) is 11.3 Å². The first-order chi connectivity index (χ1) is 9.60. The molecule has 0 unspecified atom stereocenters. The van der Waals surface area contributed by atoms with Crippen molar-refractivity contribution in [2.24, 2.45) is 0 Å². The molecule has 0 fully saturated rings. The number of urea groups is 1. The van der Waals surface area contributed by atoms with Crippen LogP contribution in [0.2, 0.25) is 0 Å². The van der Waals surface area contributed by atoms with E-state index in [4.69, 9.17) is 0 Å². The van der Waals surface area contributed by atoms with E-state index >= 15 is 0 Å². The maximum Gasteiger partial charge on any atom is 0.321 e. The van der Waals surface area contributed by atoms with Crippen molar-refractivity contribution < 1.29 is 4.79 Å². The van der Waals surface area contributed by atoms with Crippen molar-refractivity contribution in [3.63, 3.8) is 0 Å². The minimum Gasteiger partial charge on any atom is -0.334 e. The highest BCUT2D eigenvalue weighted by Crippen LogP contribution is 2.27. The van der Waals surface area contributed by atoms with Gasteiger partial charge in [-0.05, 0) is 19.4 Å². The summed E-state index contributed by atoms with van der Waals surface area (Å²) in [5, 5.41) is 7.88. The van der Waals surface area contributed by atoms with E-state index in [1.165, 1.54) is 22.5 Å². The van der Waals surface area contributed by atoms with Gasteiger partial charge in [-0.1, -0.05) is 29.8 Å². The first-order valence-corrected chi connectivity index (χ1v) is 7.17. The topological polar surface area (TPSA) is 54.0 Å². The zero-order chi connectivity index (χ0) is 14.5. The van der Waals surface area contributed by atoms with Gasteiger partial charge in [0.1, 0.15) is 0 Å². The van der Waals surface area contributed by atoms with Gasteiger partial charge in [0.25, 0.3) is 0 Å². The number of nitrogens with one attached hydrogen (secondary N) is 2. The molecule has 20 heavy (non-hydrogen) atoms. The summed E-state index contributed by atoms with van der Waals surface area (Å²) in [5.74, 6) is 0. The van der Waals surface area contributed by atoms with Crippen LogP contribution in [0.15, 0.2) is 36.2 Å². The Morgan fingerprint density at radius 3 is 2.95 bits per heavy atom. The molecule has 0 aliphatic rings. The fourth-order valence-corrected chi connectivity index (χ4v) is 2.57. The number of thiazole rings is 1. The lowest BCUT2D eigenvalue weighted by molar-refractivity contribution is 0.253. The Balaban J connectivity index is 2.12. The van der Waals surface area contributed by atoms with E-state index in [2.05, 4.69) is 54.2 Å². The van der Waals surface area contributed by atoms with Crippen molar-refractivity contribution in [3.05, 3.63) is 47.4 Å². The fourth-order valence-electron chi connectivity index (χ4n) is 1.86. The van der Waals surface area contributed by atoms with Crippen LogP contribution in [0.3, 0.4) is 0 Å². The number of benzene rings is 1. The van der Waals surface area contributed by atoms with Crippen LogP contribution in [0.5, 0.6) is 0 Å². The summed E-state index contributed by atoms with van der Waals surface area (Å²) < 4.78 is 0. The molecule has 1 aromatic heterocycles. The third kappa shape index (κ3) is 3.45. The van der Waals surface area contributed by atoms with Gasteiger partial charge in [-0.25, -0.2) is 9.78 Å². The number of rotatable bonds is 4. The van der Waals surface area contributed by atoms with Crippen molar-refractivity contribution in [2.75, 3.05) is 11.9 Å². The number of aryl methyl sites for hydroxylation is 2. The molecule has 5 heteroatoms. The Morgan fingerprint density at radius 1 is 1.45 bits per heavy atom. The van der Waals surface area contributed by atoms with Crippen molar-refractivity contribution >= 4 is 22.5 Å². The molecule has 0 atom stereocenters. The summed E-state index contributed by atoms with van der Waals surface area (Å²) in [5.41, 5.74) is 4.37. The van der Waals surface area contributed by atoms with Gasteiger partial charge < -0.3 is 5.32 Å². The molecule has 4 nitrogen and oxygen atoms in total. The second kappa shape index (κ2) is 6.34. The van der Waals surface area contributed by atoms with E-state index in [1.54, 1.807) is 6.08 Å². The predicted octanol–water partition coefficient (Wildman–Crippen LogP) is 3.73. The molecule has 0 bridgehead atoms. The van der Waals surface area contributed by atoms with Crippen molar-refractivity contribution in [1.29, 1.82) is 0 Å². The van der Waals surface area contributed by atoms with Gasteiger partial charge in [-0.2, -0.15) is 0 Å². The molecule has 2 rings (SSSR count). The minimum absolute atomic E-state index is 0.272. The van der Waals surface area contributed by atoms with Crippen LogP contribution in [0.1, 0.15) is 11.1 Å². The predicted molar refractivity (Wildman–Crippen MR) is 84.2 cm³/mol. The fraction of sp³-hybridized carbons (Fsp3) is 0.200. The third-order valence-electron chi connectivity index (χ3n) is 2.79. The van der Waals surface area contributed by atoms with Gasteiger partial charge in [0.15, 0.2) is 5.13 Å². The van der Waals surface area contributed by atoms with Crippen LogP contribution < -0.4 is 10.6 Å². The number of hydrogen-bond acceptors (Lipinski definition) is 3. The second-order valence-electron chi connectivity index (χ2n) is 4.48. The number of amides is 2.